The van der Waals surface area contributed by atoms with Gasteiger partial charge in [0.25, 0.3) is 0 Å². The number of fused-ring (bicyclic) bond motifs is 3. The van der Waals surface area contributed by atoms with Gasteiger partial charge in [-0.3, -0.25) is 0 Å². The zero-order chi connectivity index (χ0) is 21.2. The Morgan fingerprint density at radius 3 is 2.57 bits per heavy atom. The van der Waals surface area contributed by atoms with Crippen LogP contribution in [0.5, 0.6) is 0 Å². The predicted molar refractivity (Wildman–Crippen MR) is 111 cm³/mol. The Labute approximate surface area is 171 Å². The van der Waals surface area contributed by atoms with Crippen LogP contribution < -0.4 is 11.5 Å². The predicted octanol–water partition coefficient (Wildman–Crippen LogP) is 3.68. The lowest BCUT2D eigenvalue weighted by atomic mass is 9.94. The van der Waals surface area contributed by atoms with E-state index in [4.69, 9.17) is 11.5 Å². The van der Waals surface area contributed by atoms with Gasteiger partial charge in [0.05, 0.1) is 5.39 Å². The average Bonchev–Trinajstić information content (AvgIpc) is 3.30. The molecule has 0 amide bonds. The van der Waals surface area contributed by atoms with Gasteiger partial charge in [0.2, 0.25) is 5.95 Å². The molecule has 2 aromatic heterocycles. The van der Waals surface area contributed by atoms with Crippen molar-refractivity contribution in [3.8, 4) is 0 Å². The first kappa shape index (κ1) is 18.9. The molecule has 0 saturated heterocycles. The third-order valence-corrected chi connectivity index (χ3v) is 5.81. The minimum Gasteiger partial charge on any atom is -0.368 e. The molecule has 6 nitrogen and oxygen atoms in total. The fourth-order valence-electron chi connectivity index (χ4n) is 4.06. The van der Waals surface area contributed by atoms with Crippen molar-refractivity contribution in [2.45, 2.75) is 38.1 Å². The number of halogens is 2. The van der Waals surface area contributed by atoms with Crippen molar-refractivity contribution in [1.29, 1.82) is 0 Å². The minimum absolute atomic E-state index is 0.00688. The summed E-state index contributed by atoms with van der Waals surface area (Å²) in [4.78, 5) is 8.55. The van der Waals surface area contributed by atoms with Crippen LogP contribution >= 0.6 is 0 Å². The maximum absolute atomic E-state index is 14.1. The highest BCUT2D eigenvalue weighted by Crippen LogP contribution is 2.49. The molecule has 4 N–H and O–H groups in total. The van der Waals surface area contributed by atoms with Gasteiger partial charge < -0.3 is 11.5 Å². The molecule has 1 saturated carbocycles. The fourth-order valence-corrected chi connectivity index (χ4v) is 4.06. The first-order valence-electron chi connectivity index (χ1n) is 9.90. The molecule has 5 rings (SSSR count). The first-order chi connectivity index (χ1) is 14.2. The average molecular weight is 408 g/mol. The van der Waals surface area contributed by atoms with Crippen LogP contribution in [-0.4, -0.2) is 19.6 Å². The SMILES string of the molecule is CC(C)(N)c1ccc(C2CC2Cc2nc3c4cc(F)cc(F)c4nc(N)n3n2)cc1. The molecule has 2 unspecified atom stereocenters. The monoisotopic (exact) mass is 408 g/mol. The Hall–Kier alpha value is -3.13. The van der Waals surface area contributed by atoms with Crippen LogP contribution in [0.1, 0.15) is 43.1 Å². The molecular weight excluding hydrogens is 386 g/mol. The van der Waals surface area contributed by atoms with E-state index >= 15 is 0 Å². The van der Waals surface area contributed by atoms with E-state index in [9.17, 15) is 8.78 Å². The molecule has 1 fully saturated rings. The number of rotatable bonds is 4. The number of hydrogen-bond acceptors (Lipinski definition) is 5. The summed E-state index contributed by atoms with van der Waals surface area (Å²) in [6.45, 7) is 3.97. The van der Waals surface area contributed by atoms with E-state index in [2.05, 4.69) is 39.3 Å². The summed E-state index contributed by atoms with van der Waals surface area (Å²) in [5.74, 6) is 0.00295. The van der Waals surface area contributed by atoms with E-state index < -0.39 is 11.6 Å². The number of hydrogen-bond donors (Lipinski definition) is 2. The highest BCUT2D eigenvalue weighted by atomic mass is 19.1. The zero-order valence-corrected chi connectivity index (χ0v) is 16.7. The maximum Gasteiger partial charge on any atom is 0.223 e. The molecule has 0 aliphatic heterocycles. The van der Waals surface area contributed by atoms with Crippen molar-refractivity contribution in [2.24, 2.45) is 11.7 Å². The summed E-state index contributed by atoms with van der Waals surface area (Å²) in [6, 6.07) is 10.4. The topological polar surface area (TPSA) is 95.1 Å². The Morgan fingerprint density at radius 2 is 1.87 bits per heavy atom. The Bertz CT molecular complexity index is 1270. The largest absolute Gasteiger partial charge is 0.368 e. The third-order valence-electron chi connectivity index (χ3n) is 5.81. The number of nitrogen functional groups attached to an aromatic ring is 1. The lowest BCUT2D eigenvalue weighted by Gasteiger charge is -2.19. The molecule has 30 heavy (non-hydrogen) atoms. The Morgan fingerprint density at radius 1 is 1.13 bits per heavy atom. The summed E-state index contributed by atoms with van der Waals surface area (Å²) in [5, 5.41) is 4.69. The van der Waals surface area contributed by atoms with Crippen molar-refractivity contribution in [2.75, 3.05) is 5.73 Å². The quantitative estimate of drug-likeness (QED) is 0.537. The normalized spacial score (nSPS) is 19.0. The van der Waals surface area contributed by atoms with Crippen LogP contribution in [0.2, 0.25) is 0 Å². The number of aromatic nitrogens is 4. The van der Waals surface area contributed by atoms with Crippen molar-refractivity contribution in [3.05, 3.63) is 65.0 Å². The van der Waals surface area contributed by atoms with Gasteiger partial charge in [-0.2, -0.15) is 4.52 Å². The molecule has 2 aromatic carbocycles. The molecule has 8 heteroatoms. The second kappa shape index (κ2) is 6.43. The molecule has 2 atom stereocenters. The number of anilines is 1. The Kier molecular flexibility index (Phi) is 4.05. The smallest absolute Gasteiger partial charge is 0.223 e. The Balaban J connectivity index is 1.42. The van der Waals surface area contributed by atoms with Crippen molar-refractivity contribution in [3.63, 3.8) is 0 Å². The summed E-state index contributed by atoms with van der Waals surface area (Å²) in [6.07, 6.45) is 1.70. The van der Waals surface area contributed by atoms with Gasteiger partial charge in [-0.05, 0) is 49.3 Å². The van der Waals surface area contributed by atoms with Crippen LogP contribution in [0.25, 0.3) is 16.6 Å². The third kappa shape index (κ3) is 3.17. The highest BCUT2D eigenvalue weighted by Gasteiger charge is 2.39. The van der Waals surface area contributed by atoms with Crippen molar-refractivity contribution >= 4 is 22.5 Å². The molecule has 2 heterocycles. The lowest BCUT2D eigenvalue weighted by Crippen LogP contribution is -2.28. The molecular formula is C22H22F2N6. The van der Waals surface area contributed by atoms with Crippen LogP contribution in [0.15, 0.2) is 36.4 Å². The molecule has 4 aromatic rings. The second-order valence-electron chi connectivity index (χ2n) is 8.67. The molecule has 0 bridgehead atoms. The van der Waals surface area contributed by atoms with Crippen molar-refractivity contribution in [1.82, 2.24) is 19.6 Å². The summed E-state index contributed by atoms with van der Waals surface area (Å²) < 4.78 is 29.2. The molecule has 154 valence electrons. The van der Waals surface area contributed by atoms with Crippen LogP contribution in [0.4, 0.5) is 14.7 Å². The van der Waals surface area contributed by atoms with Crippen molar-refractivity contribution < 1.29 is 8.78 Å². The second-order valence-corrected chi connectivity index (χ2v) is 8.67. The van der Waals surface area contributed by atoms with Crippen LogP contribution in [0, 0.1) is 17.6 Å². The van der Waals surface area contributed by atoms with Gasteiger partial charge >= 0.3 is 0 Å². The van der Waals surface area contributed by atoms with E-state index in [1.54, 1.807) is 0 Å². The summed E-state index contributed by atoms with van der Waals surface area (Å²) in [7, 11) is 0. The number of benzene rings is 2. The van der Waals surface area contributed by atoms with E-state index in [0.29, 0.717) is 29.7 Å². The maximum atomic E-state index is 14.1. The van der Waals surface area contributed by atoms with E-state index in [1.807, 2.05) is 13.8 Å². The van der Waals surface area contributed by atoms with Gasteiger partial charge in [-0.25, -0.2) is 18.7 Å². The fraction of sp³-hybridized carbons (Fsp3) is 0.318. The van der Waals surface area contributed by atoms with Gasteiger partial charge in [0, 0.05) is 18.0 Å². The van der Waals surface area contributed by atoms with E-state index in [1.165, 1.54) is 16.1 Å². The first-order valence-corrected chi connectivity index (χ1v) is 9.90. The number of nitrogens with zero attached hydrogens (tertiary/aromatic N) is 4. The molecule has 0 spiro atoms. The highest BCUT2D eigenvalue weighted by molar-refractivity contribution is 5.92. The van der Waals surface area contributed by atoms with Crippen LogP contribution in [0.3, 0.4) is 0 Å². The zero-order valence-electron chi connectivity index (χ0n) is 16.7. The summed E-state index contributed by atoms with van der Waals surface area (Å²) >= 11 is 0. The van der Waals surface area contributed by atoms with E-state index in [0.717, 1.165) is 18.1 Å². The van der Waals surface area contributed by atoms with Crippen LogP contribution in [-0.2, 0) is 12.0 Å². The summed E-state index contributed by atoms with van der Waals surface area (Å²) in [5.41, 5.74) is 14.4. The molecule has 1 aliphatic carbocycles. The van der Waals surface area contributed by atoms with Gasteiger partial charge in [0.1, 0.15) is 11.3 Å². The van der Waals surface area contributed by atoms with E-state index in [-0.39, 0.29) is 22.4 Å². The standard InChI is InChI=1S/C22H22F2N6/c1-22(2,26)13-5-3-11(4-6-13)15-7-12(15)8-18-27-20-16-9-14(23)10-17(24)19(16)28-21(25)30(20)29-18/h3-6,9-10,12,15H,7-8,26H2,1-2H3,(H2,25,28). The lowest BCUT2D eigenvalue weighted by molar-refractivity contribution is 0.554. The molecule has 0 radical (unpaired) electrons. The molecule has 1 aliphatic rings. The minimum atomic E-state index is -0.768. The van der Waals surface area contributed by atoms with Gasteiger partial charge in [-0.1, -0.05) is 24.3 Å². The van der Waals surface area contributed by atoms with Gasteiger partial charge in [-0.15, -0.1) is 5.10 Å². The number of nitrogens with two attached hydrogens (primary N) is 2. The van der Waals surface area contributed by atoms with Gasteiger partial charge in [0.15, 0.2) is 17.3 Å².